The highest BCUT2D eigenvalue weighted by Gasteiger charge is 2.19. The minimum atomic E-state index is -1.26. The third kappa shape index (κ3) is 5.58. The Kier molecular flexibility index (Phi) is 7.13. The molecule has 0 bridgehead atoms. The Morgan fingerprint density at radius 3 is 2.54 bits per heavy atom. The number of nitrogens with one attached hydrogen (secondary N) is 1. The van der Waals surface area contributed by atoms with Gasteiger partial charge in [-0.15, -0.1) is 0 Å². The van der Waals surface area contributed by atoms with Crippen LogP contribution in [0, 0.1) is 0 Å². The molecule has 0 heterocycles. The van der Waals surface area contributed by atoms with E-state index in [0.717, 1.165) is 5.56 Å². The first-order valence-corrected chi connectivity index (χ1v) is 8.10. The summed E-state index contributed by atoms with van der Waals surface area (Å²) < 4.78 is 5.04. The molecule has 0 radical (unpaired) electrons. The number of ether oxygens (including phenoxy) is 1. The molecule has 138 valence electrons. The zero-order valence-corrected chi connectivity index (χ0v) is 14.0. The van der Waals surface area contributed by atoms with Crippen molar-refractivity contribution in [2.75, 3.05) is 6.54 Å². The normalized spacial score (nSPS) is 12.8. The van der Waals surface area contributed by atoms with Crippen LogP contribution in [-0.4, -0.2) is 40.3 Å². The van der Waals surface area contributed by atoms with Crippen molar-refractivity contribution in [3.63, 3.8) is 0 Å². The Balaban J connectivity index is 1.75. The number of amides is 1. The van der Waals surface area contributed by atoms with Gasteiger partial charge in [-0.1, -0.05) is 36.4 Å². The summed E-state index contributed by atoms with van der Waals surface area (Å²) in [4.78, 5) is 22.3. The lowest BCUT2D eigenvalue weighted by atomic mass is 10.0. The summed E-state index contributed by atoms with van der Waals surface area (Å²) in [5.41, 5.74) is 1.22. The molecule has 1 amide bonds. The fourth-order valence-electron chi connectivity index (χ4n) is 2.32. The van der Waals surface area contributed by atoms with Gasteiger partial charge in [-0.2, -0.15) is 0 Å². The predicted octanol–water partition coefficient (Wildman–Crippen LogP) is 1.92. The molecule has 0 fully saturated rings. The summed E-state index contributed by atoms with van der Waals surface area (Å²) in [7, 11) is 0. The van der Waals surface area contributed by atoms with E-state index in [4.69, 9.17) is 4.74 Å². The van der Waals surface area contributed by atoms with Crippen LogP contribution in [0.2, 0.25) is 0 Å². The molecule has 0 saturated carbocycles. The lowest BCUT2D eigenvalue weighted by Gasteiger charge is -2.18. The van der Waals surface area contributed by atoms with Crippen LogP contribution in [0.15, 0.2) is 48.5 Å². The number of hydrogen-bond donors (Lipinski definition) is 4. The maximum absolute atomic E-state index is 11.6. The Morgan fingerprint density at radius 1 is 1.15 bits per heavy atom. The Morgan fingerprint density at radius 2 is 1.88 bits per heavy atom. The van der Waals surface area contributed by atoms with Crippen LogP contribution in [0.25, 0.3) is 0 Å². The molecule has 2 atom stereocenters. The monoisotopic (exact) mass is 359 g/mol. The van der Waals surface area contributed by atoms with Crippen LogP contribution >= 0.6 is 0 Å². The molecule has 0 aliphatic heterocycles. The SMILES string of the molecule is O=Cc1ccc(C(O)C(O)CCNC(=O)OCc2ccccc2)cc1O. The number of aliphatic hydroxyl groups is 2. The van der Waals surface area contributed by atoms with E-state index in [9.17, 15) is 24.9 Å². The van der Waals surface area contributed by atoms with Gasteiger partial charge < -0.3 is 25.4 Å². The fourth-order valence-corrected chi connectivity index (χ4v) is 2.32. The van der Waals surface area contributed by atoms with E-state index in [1.807, 2.05) is 30.3 Å². The molecule has 4 N–H and O–H groups in total. The zero-order valence-electron chi connectivity index (χ0n) is 14.0. The van der Waals surface area contributed by atoms with Crippen LogP contribution in [-0.2, 0) is 11.3 Å². The van der Waals surface area contributed by atoms with Crippen molar-refractivity contribution >= 4 is 12.4 Å². The maximum Gasteiger partial charge on any atom is 0.407 e. The van der Waals surface area contributed by atoms with E-state index in [2.05, 4.69) is 5.32 Å². The topological polar surface area (TPSA) is 116 Å². The highest BCUT2D eigenvalue weighted by molar-refractivity contribution is 5.79. The molecule has 2 aromatic rings. The number of hydrogen-bond acceptors (Lipinski definition) is 6. The molecule has 0 saturated heterocycles. The number of alkyl carbamates (subject to hydrolysis) is 1. The Hall–Kier alpha value is -2.90. The minimum absolute atomic E-state index is 0.0811. The molecule has 2 unspecified atom stereocenters. The van der Waals surface area contributed by atoms with Gasteiger partial charge in [0.1, 0.15) is 18.5 Å². The number of rotatable bonds is 8. The lowest BCUT2D eigenvalue weighted by Crippen LogP contribution is -2.29. The van der Waals surface area contributed by atoms with Gasteiger partial charge in [-0.25, -0.2) is 4.79 Å². The molecule has 0 aliphatic carbocycles. The van der Waals surface area contributed by atoms with Crippen LogP contribution in [0.3, 0.4) is 0 Å². The quantitative estimate of drug-likeness (QED) is 0.535. The number of carbonyl (C=O) groups is 2. The van der Waals surface area contributed by atoms with E-state index in [0.29, 0.717) is 6.29 Å². The van der Waals surface area contributed by atoms with Crippen LogP contribution < -0.4 is 5.32 Å². The average Bonchev–Trinajstić information content (AvgIpc) is 2.66. The van der Waals surface area contributed by atoms with E-state index in [-0.39, 0.29) is 36.4 Å². The number of aliphatic hydroxyl groups excluding tert-OH is 2. The summed E-state index contributed by atoms with van der Waals surface area (Å²) in [5, 5.41) is 32.2. The van der Waals surface area contributed by atoms with Crippen molar-refractivity contribution in [1.29, 1.82) is 0 Å². The molecule has 7 heteroatoms. The van der Waals surface area contributed by atoms with Gasteiger partial charge in [0.2, 0.25) is 0 Å². The number of phenols is 1. The van der Waals surface area contributed by atoms with E-state index >= 15 is 0 Å². The van der Waals surface area contributed by atoms with E-state index in [1.54, 1.807) is 0 Å². The summed E-state index contributed by atoms with van der Waals surface area (Å²) in [6.07, 6.45) is -2.47. The number of carbonyl (C=O) groups excluding carboxylic acids is 2. The second-order valence-electron chi connectivity index (χ2n) is 5.73. The highest BCUT2D eigenvalue weighted by atomic mass is 16.5. The van der Waals surface area contributed by atoms with Crippen molar-refractivity contribution in [3.8, 4) is 5.75 Å². The first kappa shape index (κ1) is 19.4. The van der Waals surface area contributed by atoms with E-state index in [1.165, 1.54) is 18.2 Å². The van der Waals surface area contributed by atoms with Gasteiger partial charge in [0.25, 0.3) is 0 Å². The molecular weight excluding hydrogens is 338 g/mol. The third-order valence-corrected chi connectivity index (χ3v) is 3.81. The Bertz CT molecular complexity index is 734. The van der Waals surface area contributed by atoms with Gasteiger partial charge in [-0.3, -0.25) is 4.79 Å². The largest absolute Gasteiger partial charge is 0.507 e. The molecule has 2 aromatic carbocycles. The van der Waals surface area contributed by atoms with Gasteiger partial charge in [-0.05, 0) is 29.7 Å². The molecule has 0 aliphatic rings. The molecule has 0 spiro atoms. The lowest BCUT2D eigenvalue weighted by molar-refractivity contribution is 0.0135. The van der Waals surface area contributed by atoms with Gasteiger partial charge in [0, 0.05) is 6.54 Å². The second kappa shape index (κ2) is 9.55. The molecule has 26 heavy (non-hydrogen) atoms. The molecule has 7 nitrogen and oxygen atoms in total. The predicted molar refractivity (Wildman–Crippen MR) is 93.7 cm³/mol. The number of benzene rings is 2. The van der Waals surface area contributed by atoms with E-state index < -0.39 is 18.3 Å². The smallest absolute Gasteiger partial charge is 0.407 e. The van der Waals surface area contributed by atoms with Gasteiger partial charge in [0.15, 0.2) is 6.29 Å². The molecular formula is C19H21NO6. The van der Waals surface area contributed by atoms with Crippen molar-refractivity contribution in [2.24, 2.45) is 0 Å². The first-order valence-electron chi connectivity index (χ1n) is 8.10. The number of aromatic hydroxyl groups is 1. The summed E-state index contributed by atoms with van der Waals surface area (Å²) in [6, 6.07) is 13.2. The summed E-state index contributed by atoms with van der Waals surface area (Å²) in [6.45, 7) is 0.241. The third-order valence-electron chi connectivity index (χ3n) is 3.81. The minimum Gasteiger partial charge on any atom is -0.507 e. The van der Waals surface area contributed by atoms with Gasteiger partial charge >= 0.3 is 6.09 Å². The number of phenolic OH excluding ortho intramolecular Hbond substituents is 1. The Labute approximate surface area is 150 Å². The van der Waals surface area contributed by atoms with Crippen LogP contribution in [0.4, 0.5) is 4.79 Å². The molecule has 0 aromatic heterocycles. The highest BCUT2D eigenvalue weighted by Crippen LogP contribution is 2.24. The van der Waals surface area contributed by atoms with Crippen LogP contribution in [0.5, 0.6) is 5.75 Å². The number of aldehydes is 1. The maximum atomic E-state index is 11.6. The zero-order chi connectivity index (χ0) is 18.9. The van der Waals surface area contributed by atoms with Crippen molar-refractivity contribution < 1.29 is 29.6 Å². The molecule has 2 rings (SSSR count). The van der Waals surface area contributed by atoms with Crippen LogP contribution in [0.1, 0.15) is 34.0 Å². The van der Waals surface area contributed by atoms with Crippen molar-refractivity contribution in [1.82, 2.24) is 5.32 Å². The second-order valence-corrected chi connectivity index (χ2v) is 5.73. The standard InChI is InChI=1S/C19H21NO6/c21-11-15-7-6-14(10-17(15)23)18(24)16(22)8-9-20-19(25)26-12-13-4-2-1-3-5-13/h1-7,10-11,16,18,22-24H,8-9,12H2,(H,20,25). The summed E-state index contributed by atoms with van der Waals surface area (Å²) >= 11 is 0. The van der Waals surface area contributed by atoms with Crippen molar-refractivity contribution in [2.45, 2.75) is 25.2 Å². The summed E-state index contributed by atoms with van der Waals surface area (Å²) in [5.74, 6) is -0.272. The van der Waals surface area contributed by atoms with Gasteiger partial charge in [0.05, 0.1) is 11.7 Å². The first-order chi connectivity index (χ1) is 12.5. The average molecular weight is 359 g/mol. The fraction of sp³-hybridized carbons (Fsp3) is 0.263. The van der Waals surface area contributed by atoms with Crippen molar-refractivity contribution in [3.05, 3.63) is 65.2 Å².